The molecule has 0 saturated carbocycles. The van der Waals surface area contributed by atoms with E-state index in [-0.39, 0.29) is 5.02 Å². The van der Waals surface area contributed by atoms with Gasteiger partial charge in [-0.2, -0.15) is 0 Å². The Morgan fingerprint density at radius 3 is 3.00 bits per heavy atom. The molecule has 0 bridgehead atoms. The molecule has 0 fully saturated rings. The van der Waals surface area contributed by atoms with Gasteiger partial charge in [0.05, 0.1) is 11.2 Å². The molecule has 0 atom stereocenters. The van der Waals surface area contributed by atoms with Crippen LogP contribution in [0.3, 0.4) is 0 Å². The van der Waals surface area contributed by atoms with Crippen molar-refractivity contribution >= 4 is 28.9 Å². The van der Waals surface area contributed by atoms with Crippen LogP contribution in [0.15, 0.2) is 36.8 Å². The van der Waals surface area contributed by atoms with Crippen molar-refractivity contribution in [3.63, 3.8) is 0 Å². The second kappa shape index (κ2) is 5.57. The zero-order chi connectivity index (χ0) is 14.8. The molecule has 0 saturated heterocycles. The summed E-state index contributed by atoms with van der Waals surface area (Å²) in [4.78, 5) is 8.70. The number of benzene rings is 1. The Morgan fingerprint density at radius 2 is 2.24 bits per heavy atom. The molecule has 7 heteroatoms. The van der Waals surface area contributed by atoms with Gasteiger partial charge in [-0.15, -0.1) is 0 Å². The predicted molar refractivity (Wildman–Crippen MR) is 81.3 cm³/mol. The fraction of sp³-hybridized carbons (Fsp3) is 0.143. The van der Waals surface area contributed by atoms with E-state index >= 15 is 0 Å². The lowest BCUT2D eigenvalue weighted by molar-refractivity contribution is 0.627. The van der Waals surface area contributed by atoms with E-state index in [1.807, 2.05) is 16.8 Å². The number of halogens is 2. The molecule has 2 N–H and O–H groups in total. The normalized spacial score (nSPS) is 10.8. The monoisotopic (exact) mass is 305 g/mol. The van der Waals surface area contributed by atoms with Gasteiger partial charge < -0.3 is 15.0 Å². The van der Waals surface area contributed by atoms with Gasteiger partial charge in [-0.3, -0.25) is 0 Å². The number of nitrogens with zero attached hydrogens (tertiary/aromatic N) is 3. The summed E-state index contributed by atoms with van der Waals surface area (Å²) in [6.07, 6.45) is 5.40. The number of rotatable bonds is 4. The summed E-state index contributed by atoms with van der Waals surface area (Å²) in [6.45, 7) is 0.475. The van der Waals surface area contributed by atoms with Crippen LogP contribution >= 0.6 is 11.6 Å². The molecule has 0 aliphatic heterocycles. The molecule has 0 spiro atoms. The number of nitrogens with one attached hydrogen (secondary N) is 2. The van der Waals surface area contributed by atoms with Gasteiger partial charge in [0.2, 0.25) is 0 Å². The quantitative estimate of drug-likeness (QED) is 0.777. The third-order valence-corrected chi connectivity index (χ3v) is 3.36. The zero-order valence-corrected chi connectivity index (χ0v) is 12.0. The fourth-order valence-corrected chi connectivity index (χ4v) is 2.21. The lowest BCUT2D eigenvalue weighted by atomic mass is 10.2. The third kappa shape index (κ3) is 2.75. The number of anilines is 2. The molecular formula is C14H13ClFN5. The van der Waals surface area contributed by atoms with Crippen molar-refractivity contribution in [1.82, 2.24) is 14.4 Å². The second-order valence-corrected chi connectivity index (χ2v) is 4.89. The largest absolute Gasteiger partial charge is 0.372 e. The van der Waals surface area contributed by atoms with Gasteiger partial charge in [0, 0.05) is 26.0 Å². The molecule has 2 aromatic heterocycles. The van der Waals surface area contributed by atoms with Gasteiger partial charge in [0.15, 0.2) is 11.5 Å². The molecular weight excluding hydrogens is 293 g/mol. The van der Waals surface area contributed by atoms with Gasteiger partial charge in [-0.05, 0) is 17.7 Å². The van der Waals surface area contributed by atoms with Crippen molar-refractivity contribution in [2.45, 2.75) is 6.54 Å². The van der Waals surface area contributed by atoms with Crippen molar-refractivity contribution in [1.29, 1.82) is 0 Å². The van der Waals surface area contributed by atoms with Gasteiger partial charge in [-0.1, -0.05) is 17.7 Å². The first-order valence-electron chi connectivity index (χ1n) is 6.36. The van der Waals surface area contributed by atoms with Crippen LogP contribution in [0.1, 0.15) is 5.56 Å². The molecule has 2 heterocycles. The summed E-state index contributed by atoms with van der Waals surface area (Å²) >= 11 is 5.78. The maximum Gasteiger partial charge on any atom is 0.180 e. The van der Waals surface area contributed by atoms with E-state index in [0.29, 0.717) is 12.4 Å². The van der Waals surface area contributed by atoms with Crippen LogP contribution in [0.5, 0.6) is 0 Å². The highest BCUT2D eigenvalue weighted by atomic mass is 35.5. The molecule has 3 aromatic rings. The van der Waals surface area contributed by atoms with Crippen LogP contribution in [-0.2, 0) is 6.54 Å². The molecule has 0 aliphatic carbocycles. The first-order chi connectivity index (χ1) is 10.2. The highest BCUT2D eigenvalue weighted by molar-refractivity contribution is 6.30. The molecule has 5 nitrogen and oxygen atoms in total. The van der Waals surface area contributed by atoms with Crippen molar-refractivity contribution in [2.24, 2.45) is 0 Å². The fourth-order valence-electron chi connectivity index (χ4n) is 2.01. The van der Waals surface area contributed by atoms with E-state index in [4.69, 9.17) is 11.6 Å². The molecule has 108 valence electrons. The Hall–Kier alpha value is -2.34. The van der Waals surface area contributed by atoms with Gasteiger partial charge in [-0.25, -0.2) is 14.4 Å². The van der Waals surface area contributed by atoms with E-state index in [0.717, 1.165) is 17.0 Å². The minimum atomic E-state index is -0.425. The Morgan fingerprint density at radius 1 is 1.38 bits per heavy atom. The van der Waals surface area contributed by atoms with Crippen molar-refractivity contribution in [3.05, 3.63) is 53.2 Å². The predicted octanol–water partition coefficient (Wildman–Crippen LogP) is 3.18. The lowest BCUT2D eigenvalue weighted by Crippen LogP contribution is -2.06. The lowest BCUT2D eigenvalue weighted by Gasteiger charge is -2.10. The molecule has 0 unspecified atom stereocenters. The first-order valence-corrected chi connectivity index (χ1v) is 6.74. The molecule has 0 radical (unpaired) electrons. The van der Waals surface area contributed by atoms with E-state index in [1.54, 1.807) is 25.4 Å². The second-order valence-electron chi connectivity index (χ2n) is 4.48. The van der Waals surface area contributed by atoms with Gasteiger partial charge in [0.1, 0.15) is 11.6 Å². The summed E-state index contributed by atoms with van der Waals surface area (Å²) in [6, 6.07) is 4.62. The van der Waals surface area contributed by atoms with Crippen LogP contribution in [-0.4, -0.2) is 21.4 Å². The molecule has 1 aromatic carbocycles. The average Bonchev–Trinajstić information content (AvgIpc) is 2.96. The third-order valence-electron chi connectivity index (χ3n) is 3.07. The van der Waals surface area contributed by atoms with Crippen LogP contribution in [0.4, 0.5) is 16.0 Å². The number of fused-ring (bicyclic) bond motifs is 1. The maximum atomic E-state index is 13.1. The van der Waals surface area contributed by atoms with Crippen molar-refractivity contribution < 1.29 is 4.39 Å². The Kier molecular flexibility index (Phi) is 3.62. The summed E-state index contributed by atoms with van der Waals surface area (Å²) in [5, 5.41) is 6.30. The van der Waals surface area contributed by atoms with E-state index in [1.165, 1.54) is 6.07 Å². The Bertz CT molecular complexity index is 786. The van der Waals surface area contributed by atoms with Crippen LogP contribution in [0.25, 0.3) is 5.65 Å². The van der Waals surface area contributed by atoms with E-state index < -0.39 is 5.82 Å². The number of hydrogen-bond donors (Lipinski definition) is 2. The minimum Gasteiger partial charge on any atom is -0.372 e. The molecule has 21 heavy (non-hydrogen) atoms. The van der Waals surface area contributed by atoms with E-state index in [9.17, 15) is 4.39 Å². The topological polar surface area (TPSA) is 54.2 Å². The average molecular weight is 306 g/mol. The summed E-state index contributed by atoms with van der Waals surface area (Å²) in [7, 11) is 1.80. The summed E-state index contributed by atoms with van der Waals surface area (Å²) in [5.41, 5.74) is 1.59. The molecule has 0 aliphatic rings. The van der Waals surface area contributed by atoms with Crippen LogP contribution in [0.2, 0.25) is 5.02 Å². The van der Waals surface area contributed by atoms with Crippen molar-refractivity contribution in [3.8, 4) is 0 Å². The molecule has 0 amide bonds. The zero-order valence-electron chi connectivity index (χ0n) is 11.3. The SMILES string of the molecule is CNc1cn2ccnc2c(NCc2ccc(F)c(Cl)c2)n1. The highest BCUT2D eigenvalue weighted by Gasteiger charge is 2.07. The summed E-state index contributed by atoms with van der Waals surface area (Å²) < 4.78 is 15.0. The van der Waals surface area contributed by atoms with E-state index in [2.05, 4.69) is 20.6 Å². The highest BCUT2D eigenvalue weighted by Crippen LogP contribution is 2.19. The number of aromatic nitrogens is 3. The van der Waals surface area contributed by atoms with Crippen LogP contribution in [0, 0.1) is 5.82 Å². The maximum absolute atomic E-state index is 13.1. The Balaban J connectivity index is 1.87. The molecule has 3 rings (SSSR count). The Labute approximate surface area is 125 Å². The van der Waals surface area contributed by atoms with Crippen molar-refractivity contribution in [2.75, 3.05) is 17.7 Å². The smallest absolute Gasteiger partial charge is 0.180 e. The number of imidazole rings is 1. The minimum absolute atomic E-state index is 0.109. The van der Waals surface area contributed by atoms with Gasteiger partial charge in [0.25, 0.3) is 0 Å². The summed E-state index contributed by atoms with van der Waals surface area (Å²) in [5.74, 6) is 0.943. The first kappa shape index (κ1) is 13.6. The standard InChI is InChI=1S/C14H13ClFN5/c1-17-12-8-21-5-4-18-14(21)13(20-12)19-7-9-2-3-11(16)10(15)6-9/h2-6,8,17H,7H2,1H3,(H,19,20). The van der Waals surface area contributed by atoms with Gasteiger partial charge >= 0.3 is 0 Å². The van der Waals surface area contributed by atoms with Crippen LogP contribution < -0.4 is 10.6 Å². The number of hydrogen-bond acceptors (Lipinski definition) is 4.